The largest absolute Gasteiger partial charge is 0.490 e. The molecule has 2 aromatic carbocycles. The van der Waals surface area contributed by atoms with E-state index in [9.17, 15) is 13.6 Å². The highest BCUT2D eigenvalue weighted by Crippen LogP contribution is 2.29. The summed E-state index contributed by atoms with van der Waals surface area (Å²) in [7, 11) is 0. The summed E-state index contributed by atoms with van der Waals surface area (Å²) in [6.45, 7) is 3.12. The van der Waals surface area contributed by atoms with Gasteiger partial charge in [0.25, 0.3) is 0 Å². The first-order valence-corrected chi connectivity index (χ1v) is 10.5. The molecule has 7 heteroatoms. The molecule has 0 radical (unpaired) electrons. The van der Waals surface area contributed by atoms with Crippen molar-refractivity contribution in [2.75, 3.05) is 13.2 Å². The van der Waals surface area contributed by atoms with Crippen molar-refractivity contribution in [2.24, 2.45) is 5.92 Å². The van der Waals surface area contributed by atoms with E-state index in [1.54, 1.807) is 0 Å². The van der Waals surface area contributed by atoms with Gasteiger partial charge in [0.15, 0.2) is 11.6 Å². The summed E-state index contributed by atoms with van der Waals surface area (Å²) in [5.41, 5.74) is -0.136. The number of hydrogen-bond donors (Lipinski definition) is 0. The molecule has 0 unspecified atom stereocenters. The van der Waals surface area contributed by atoms with Crippen LogP contribution in [0.25, 0.3) is 0 Å². The van der Waals surface area contributed by atoms with Crippen molar-refractivity contribution in [3.8, 4) is 17.6 Å². The van der Waals surface area contributed by atoms with Crippen molar-refractivity contribution in [2.45, 2.75) is 45.1 Å². The van der Waals surface area contributed by atoms with Gasteiger partial charge < -0.3 is 14.2 Å². The zero-order valence-electron chi connectivity index (χ0n) is 17.4. The number of rotatable bonds is 8. The van der Waals surface area contributed by atoms with E-state index in [-0.39, 0.29) is 30.1 Å². The molecule has 2 aromatic rings. The van der Waals surface area contributed by atoms with Gasteiger partial charge in [-0.05, 0) is 74.4 Å². The predicted molar refractivity (Wildman–Crippen MR) is 110 cm³/mol. The molecular weight excluding hydrogens is 404 g/mol. The normalized spacial score (nSPS) is 18.3. The molecule has 0 aromatic heterocycles. The predicted octanol–water partition coefficient (Wildman–Crippen LogP) is 5.42. The fraction of sp³-hybridized carbons (Fsp3) is 0.417. The maximum absolute atomic E-state index is 14.5. The Balaban J connectivity index is 1.56. The van der Waals surface area contributed by atoms with E-state index in [0.29, 0.717) is 5.56 Å². The third-order valence-electron chi connectivity index (χ3n) is 5.29. The highest BCUT2D eigenvalue weighted by Gasteiger charge is 2.24. The summed E-state index contributed by atoms with van der Waals surface area (Å²) in [5.74, 6) is -3.40. The van der Waals surface area contributed by atoms with E-state index >= 15 is 0 Å². The van der Waals surface area contributed by atoms with Gasteiger partial charge in [0.05, 0.1) is 29.9 Å². The van der Waals surface area contributed by atoms with Crippen LogP contribution in [0.3, 0.4) is 0 Å². The van der Waals surface area contributed by atoms with Gasteiger partial charge in [0, 0.05) is 6.61 Å². The molecule has 1 fully saturated rings. The summed E-state index contributed by atoms with van der Waals surface area (Å²) < 4.78 is 45.2. The molecule has 1 aliphatic rings. The third-order valence-corrected chi connectivity index (χ3v) is 5.29. The average molecular weight is 429 g/mol. The number of hydrogen-bond acceptors (Lipinski definition) is 5. The van der Waals surface area contributed by atoms with Gasteiger partial charge in [-0.25, -0.2) is 9.18 Å². The van der Waals surface area contributed by atoms with E-state index in [1.807, 2.05) is 6.07 Å². The lowest BCUT2D eigenvalue weighted by atomic mass is 9.88. The SMILES string of the molecule is CCCOC1CCC(COc2ccc(C(=O)Oc3ccc(C#N)cc3)c(F)c2F)CC1. The number of ether oxygens (including phenoxy) is 3. The smallest absolute Gasteiger partial charge is 0.346 e. The van der Waals surface area contributed by atoms with Gasteiger partial charge in [-0.15, -0.1) is 0 Å². The number of carbonyl (C=O) groups excluding carboxylic acids is 1. The molecule has 0 aliphatic heterocycles. The highest BCUT2D eigenvalue weighted by atomic mass is 19.2. The monoisotopic (exact) mass is 429 g/mol. The summed E-state index contributed by atoms with van der Waals surface area (Å²) >= 11 is 0. The van der Waals surface area contributed by atoms with Crippen molar-refractivity contribution >= 4 is 5.97 Å². The molecule has 0 saturated heterocycles. The minimum absolute atomic E-state index is 0.127. The lowest BCUT2D eigenvalue weighted by Gasteiger charge is -2.28. The molecule has 0 heterocycles. The standard InChI is InChI=1S/C24H25F2NO4/c1-2-13-29-18-7-5-17(6-8-18)15-30-21-12-11-20(22(25)23(21)26)24(28)31-19-9-3-16(14-27)4-10-19/h3-4,9-12,17-18H,2,5-8,13,15H2,1H3. The van der Waals surface area contributed by atoms with Crippen LogP contribution in [0.5, 0.6) is 11.5 Å². The van der Waals surface area contributed by atoms with Gasteiger partial charge in [-0.3, -0.25) is 0 Å². The first kappa shape index (κ1) is 22.7. The Hall–Kier alpha value is -2.98. The van der Waals surface area contributed by atoms with E-state index in [1.165, 1.54) is 30.3 Å². The van der Waals surface area contributed by atoms with E-state index < -0.39 is 23.2 Å². The lowest BCUT2D eigenvalue weighted by Crippen LogP contribution is -2.25. The van der Waals surface area contributed by atoms with E-state index in [0.717, 1.165) is 44.8 Å². The molecule has 0 atom stereocenters. The van der Waals surface area contributed by atoms with Crippen LogP contribution in [0, 0.1) is 28.9 Å². The van der Waals surface area contributed by atoms with Crippen LogP contribution in [-0.4, -0.2) is 25.3 Å². The molecule has 0 N–H and O–H groups in total. The zero-order valence-corrected chi connectivity index (χ0v) is 17.4. The first-order chi connectivity index (χ1) is 15.0. The number of nitriles is 1. The highest BCUT2D eigenvalue weighted by molar-refractivity contribution is 5.91. The summed E-state index contributed by atoms with van der Waals surface area (Å²) in [6.07, 6.45) is 4.95. The quantitative estimate of drug-likeness (QED) is 0.414. The van der Waals surface area contributed by atoms with Crippen LogP contribution in [0.1, 0.15) is 54.9 Å². The zero-order chi connectivity index (χ0) is 22.2. The fourth-order valence-electron chi connectivity index (χ4n) is 3.52. The minimum atomic E-state index is -1.31. The molecule has 3 rings (SSSR count). The number of halogens is 2. The van der Waals surface area contributed by atoms with Crippen LogP contribution < -0.4 is 9.47 Å². The number of benzene rings is 2. The fourth-order valence-corrected chi connectivity index (χ4v) is 3.52. The van der Waals surface area contributed by atoms with Gasteiger partial charge in [0.2, 0.25) is 5.82 Å². The first-order valence-electron chi connectivity index (χ1n) is 10.5. The van der Waals surface area contributed by atoms with Gasteiger partial charge in [0.1, 0.15) is 5.75 Å². The third kappa shape index (κ3) is 6.02. The Morgan fingerprint density at radius 2 is 1.77 bits per heavy atom. The number of carbonyl (C=O) groups is 1. The van der Waals surface area contributed by atoms with E-state index in [2.05, 4.69) is 6.92 Å². The summed E-state index contributed by atoms with van der Waals surface area (Å²) in [4.78, 5) is 12.2. The lowest BCUT2D eigenvalue weighted by molar-refractivity contribution is 0.0130. The molecule has 1 aliphatic carbocycles. The second kappa shape index (κ2) is 10.9. The van der Waals surface area contributed by atoms with Crippen molar-refractivity contribution in [3.05, 3.63) is 59.2 Å². The van der Waals surface area contributed by atoms with Gasteiger partial charge >= 0.3 is 5.97 Å². The molecule has 31 heavy (non-hydrogen) atoms. The average Bonchev–Trinajstić information content (AvgIpc) is 2.79. The molecule has 5 nitrogen and oxygen atoms in total. The Morgan fingerprint density at radius 3 is 2.42 bits per heavy atom. The van der Waals surface area contributed by atoms with Crippen LogP contribution in [0.15, 0.2) is 36.4 Å². The Kier molecular flexibility index (Phi) is 7.96. The Morgan fingerprint density at radius 1 is 1.06 bits per heavy atom. The maximum Gasteiger partial charge on any atom is 0.346 e. The Labute approximate surface area is 180 Å². The van der Waals surface area contributed by atoms with Gasteiger partial charge in [-0.1, -0.05) is 6.92 Å². The van der Waals surface area contributed by atoms with Crippen molar-refractivity contribution in [1.29, 1.82) is 5.26 Å². The molecular formula is C24H25F2NO4. The molecule has 0 bridgehead atoms. The minimum Gasteiger partial charge on any atom is -0.490 e. The molecule has 0 spiro atoms. The van der Waals surface area contributed by atoms with E-state index in [4.69, 9.17) is 19.5 Å². The van der Waals surface area contributed by atoms with Crippen molar-refractivity contribution < 1.29 is 27.8 Å². The second-order valence-corrected chi connectivity index (χ2v) is 7.59. The molecule has 1 saturated carbocycles. The number of esters is 1. The Bertz CT molecular complexity index is 932. The molecule has 0 amide bonds. The molecule has 164 valence electrons. The topological polar surface area (TPSA) is 68.6 Å². The van der Waals surface area contributed by atoms with Crippen LogP contribution in [0.2, 0.25) is 0 Å². The van der Waals surface area contributed by atoms with Crippen molar-refractivity contribution in [1.82, 2.24) is 0 Å². The van der Waals surface area contributed by atoms with Crippen LogP contribution in [0.4, 0.5) is 8.78 Å². The number of nitrogens with zero attached hydrogens (tertiary/aromatic N) is 1. The summed E-state index contributed by atoms with van der Waals surface area (Å²) in [6, 6.07) is 10.1. The van der Waals surface area contributed by atoms with Crippen LogP contribution in [-0.2, 0) is 4.74 Å². The van der Waals surface area contributed by atoms with Crippen molar-refractivity contribution in [3.63, 3.8) is 0 Å². The van der Waals surface area contributed by atoms with Gasteiger partial charge in [-0.2, -0.15) is 9.65 Å². The maximum atomic E-state index is 14.5. The van der Waals surface area contributed by atoms with Crippen LogP contribution >= 0.6 is 0 Å². The second-order valence-electron chi connectivity index (χ2n) is 7.59. The summed E-state index contributed by atoms with van der Waals surface area (Å²) in [5, 5.41) is 8.78.